The number of carbonyl (C=O) groups excluding carboxylic acids is 2. The molecule has 10 heteroatoms. The summed E-state index contributed by atoms with van der Waals surface area (Å²) in [6.07, 6.45) is 6.20. The Morgan fingerprint density at radius 2 is 2.00 bits per heavy atom. The first-order valence-corrected chi connectivity index (χ1v) is 12.0. The molecule has 0 aliphatic rings. The van der Waals surface area contributed by atoms with Gasteiger partial charge in [-0.15, -0.1) is 0 Å². The number of carboxylic acid groups (broad SMARTS) is 1. The molecule has 9 nitrogen and oxygen atoms in total. The minimum atomic E-state index is -1.84. The number of hydrogen-bond acceptors (Lipinski definition) is 6. The maximum atomic E-state index is 12.5. The number of thioether (sulfide) groups is 1. The van der Waals surface area contributed by atoms with Gasteiger partial charge >= 0.3 is 5.97 Å². The number of aromatic nitrogens is 2. The third-order valence-electron chi connectivity index (χ3n) is 5.02. The standard InChI is InChI=1S/C21H36N4O5S/c1-6-15(4)17(24-18(26)10-16-11-22-13-23-16)12-30-21(20(28)29,7-8-31-5)25-19(27)9-14(2)3/h11,13-15,17H,6-10,12H2,1-5H3,(H,22,23)(H,24,26)(H,25,27)(H,28,29)/t15-,17+,21-/m0/s1. The van der Waals surface area contributed by atoms with Gasteiger partial charge < -0.3 is 25.5 Å². The van der Waals surface area contributed by atoms with Gasteiger partial charge in [-0.05, 0) is 23.8 Å². The number of carbonyl (C=O) groups is 3. The predicted molar refractivity (Wildman–Crippen MR) is 121 cm³/mol. The molecule has 176 valence electrons. The van der Waals surface area contributed by atoms with Crippen LogP contribution in [-0.4, -0.2) is 63.2 Å². The molecule has 0 saturated heterocycles. The number of hydrogen-bond donors (Lipinski definition) is 4. The normalized spacial score (nSPS) is 15.2. The summed E-state index contributed by atoms with van der Waals surface area (Å²) in [6, 6.07) is -0.411. The largest absolute Gasteiger partial charge is 0.478 e. The van der Waals surface area contributed by atoms with Crippen molar-refractivity contribution in [3.8, 4) is 0 Å². The Balaban J connectivity index is 2.94. The Labute approximate surface area is 188 Å². The van der Waals surface area contributed by atoms with Gasteiger partial charge in [0.2, 0.25) is 17.5 Å². The fraction of sp³-hybridized carbons (Fsp3) is 0.714. The fourth-order valence-corrected chi connectivity index (χ4v) is 3.45. The van der Waals surface area contributed by atoms with Crippen molar-refractivity contribution in [3.05, 3.63) is 18.2 Å². The second-order valence-corrected chi connectivity index (χ2v) is 9.11. The maximum Gasteiger partial charge on any atom is 0.357 e. The van der Waals surface area contributed by atoms with E-state index in [-0.39, 0.29) is 49.5 Å². The SMILES string of the molecule is CC[C@H](C)[C@@H](CO[C@](CCSC)(NC(=O)CC(C)C)C(=O)O)NC(=O)Cc1c[nH]cn1. The molecule has 0 aliphatic carbocycles. The van der Waals surface area contributed by atoms with Crippen LogP contribution in [0.3, 0.4) is 0 Å². The number of aliphatic carboxylic acids is 1. The maximum absolute atomic E-state index is 12.5. The van der Waals surface area contributed by atoms with Crippen LogP contribution in [0, 0.1) is 11.8 Å². The Morgan fingerprint density at radius 1 is 1.29 bits per heavy atom. The zero-order chi connectivity index (χ0) is 23.4. The number of amides is 2. The molecule has 1 aromatic heterocycles. The molecule has 0 fully saturated rings. The lowest BCUT2D eigenvalue weighted by Gasteiger charge is -2.34. The van der Waals surface area contributed by atoms with E-state index in [9.17, 15) is 19.5 Å². The highest BCUT2D eigenvalue weighted by molar-refractivity contribution is 7.98. The fourth-order valence-electron chi connectivity index (χ4n) is 2.96. The zero-order valence-electron chi connectivity index (χ0n) is 19.1. The van der Waals surface area contributed by atoms with E-state index in [0.29, 0.717) is 11.4 Å². The van der Waals surface area contributed by atoms with Gasteiger partial charge in [0.15, 0.2) is 0 Å². The molecule has 0 radical (unpaired) electrons. The number of carboxylic acids is 1. The predicted octanol–water partition coefficient (Wildman–Crippen LogP) is 2.20. The van der Waals surface area contributed by atoms with Gasteiger partial charge in [0.25, 0.3) is 0 Å². The Bertz CT molecular complexity index is 698. The van der Waals surface area contributed by atoms with E-state index in [0.717, 1.165) is 6.42 Å². The minimum Gasteiger partial charge on any atom is -0.478 e. The van der Waals surface area contributed by atoms with Crippen LogP contribution >= 0.6 is 11.8 Å². The third-order valence-corrected chi connectivity index (χ3v) is 5.63. The van der Waals surface area contributed by atoms with Crippen molar-refractivity contribution in [2.24, 2.45) is 11.8 Å². The molecule has 0 bridgehead atoms. The van der Waals surface area contributed by atoms with Crippen LogP contribution in [0.4, 0.5) is 0 Å². The first-order chi connectivity index (χ1) is 14.6. The number of nitrogens with one attached hydrogen (secondary N) is 3. The van der Waals surface area contributed by atoms with Crippen molar-refractivity contribution in [1.82, 2.24) is 20.6 Å². The number of H-pyrrole nitrogens is 1. The third kappa shape index (κ3) is 9.30. The van der Waals surface area contributed by atoms with Crippen molar-refractivity contribution < 1.29 is 24.2 Å². The Kier molecular flexibility index (Phi) is 11.6. The lowest BCUT2D eigenvalue weighted by Crippen LogP contribution is -2.59. The molecular formula is C21H36N4O5S. The summed E-state index contributed by atoms with van der Waals surface area (Å²) < 4.78 is 5.89. The van der Waals surface area contributed by atoms with Crippen LogP contribution in [-0.2, 0) is 25.5 Å². The van der Waals surface area contributed by atoms with E-state index < -0.39 is 17.7 Å². The van der Waals surface area contributed by atoms with Crippen LogP contribution in [0.15, 0.2) is 12.5 Å². The van der Waals surface area contributed by atoms with E-state index in [1.807, 2.05) is 34.0 Å². The summed E-state index contributed by atoms with van der Waals surface area (Å²) >= 11 is 1.47. The highest BCUT2D eigenvalue weighted by Crippen LogP contribution is 2.20. The summed E-state index contributed by atoms with van der Waals surface area (Å²) in [6.45, 7) is 7.69. The number of aromatic amines is 1. The molecule has 0 saturated carbocycles. The van der Waals surface area contributed by atoms with E-state index >= 15 is 0 Å². The van der Waals surface area contributed by atoms with Crippen molar-refractivity contribution in [2.75, 3.05) is 18.6 Å². The van der Waals surface area contributed by atoms with Crippen LogP contribution in [0.1, 0.15) is 52.7 Å². The van der Waals surface area contributed by atoms with E-state index in [1.54, 1.807) is 6.20 Å². The van der Waals surface area contributed by atoms with Crippen molar-refractivity contribution >= 4 is 29.5 Å². The van der Waals surface area contributed by atoms with E-state index in [1.165, 1.54) is 18.1 Å². The van der Waals surface area contributed by atoms with Crippen LogP contribution in [0.25, 0.3) is 0 Å². The van der Waals surface area contributed by atoms with Gasteiger partial charge in [0.1, 0.15) is 0 Å². The first kappa shape index (κ1) is 27.0. The number of ether oxygens (including phenoxy) is 1. The summed E-state index contributed by atoms with van der Waals surface area (Å²) in [5.41, 5.74) is -1.23. The molecule has 0 unspecified atom stereocenters. The molecule has 31 heavy (non-hydrogen) atoms. The number of nitrogens with zero attached hydrogens (tertiary/aromatic N) is 1. The van der Waals surface area contributed by atoms with Crippen LogP contribution in [0.5, 0.6) is 0 Å². The zero-order valence-corrected chi connectivity index (χ0v) is 19.9. The number of rotatable bonds is 15. The quantitative estimate of drug-likeness (QED) is 0.297. The Hall–Kier alpha value is -2.07. The number of imidazole rings is 1. The highest BCUT2D eigenvalue weighted by atomic mass is 32.2. The lowest BCUT2D eigenvalue weighted by molar-refractivity contribution is -0.177. The van der Waals surface area contributed by atoms with Crippen molar-refractivity contribution in [3.63, 3.8) is 0 Å². The van der Waals surface area contributed by atoms with Gasteiger partial charge in [0.05, 0.1) is 31.1 Å². The average molecular weight is 457 g/mol. The Morgan fingerprint density at radius 3 is 2.52 bits per heavy atom. The van der Waals surface area contributed by atoms with Gasteiger partial charge in [-0.3, -0.25) is 9.59 Å². The molecule has 1 heterocycles. The molecule has 0 aliphatic heterocycles. The van der Waals surface area contributed by atoms with Crippen LogP contribution < -0.4 is 10.6 Å². The first-order valence-electron chi connectivity index (χ1n) is 10.6. The van der Waals surface area contributed by atoms with E-state index in [2.05, 4.69) is 20.6 Å². The molecule has 2 amide bonds. The molecular weight excluding hydrogens is 420 g/mol. The molecule has 3 atom stereocenters. The second-order valence-electron chi connectivity index (χ2n) is 8.13. The van der Waals surface area contributed by atoms with E-state index in [4.69, 9.17) is 4.74 Å². The van der Waals surface area contributed by atoms with Gasteiger partial charge in [-0.2, -0.15) is 11.8 Å². The molecule has 4 N–H and O–H groups in total. The highest BCUT2D eigenvalue weighted by Gasteiger charge is 2.42. The minimum absolute atomic E-state index is 0.0377. The monoisotopic (exact) mass is 456 g/mol. The molecule has 1 aromatic rings. The second kappa shape index (κ2) is 13.4. The molecule has 0 spiro atoms. The summed E-state index contributed by atoms with van der Waals surface area (Å²) in [5.74, 6) is -1.23. The van der Waals surface area contributed by atoms with Crippen LogP contribution in [0.2, 0.25) is 0 Å². The smallest absolute Gasteiger partial charge is 0.357 e. The van der Waals surface area contributed by atoms with Gasteiger partial charge in [-0.1, -0.05) is 34.1 Å². The topological polar surface area (TPSA) is 133 Å². The van der Waals surface area contributed by atoms with Gasteiger partial charge in [0, 0.05) is 19.0 Å². The summed E-state index contributed by atoms with van der Waals surface area (Å²) in [5, 5.41) is 15.5. The molecule has 1 rings (SSSR count). The van der Waals surface area contributed by atoms with Crippen molar-refractivity contribution in [1.29, 1.82) is 0 Å². The summed E-state index contributed by atoms with van der Waals surface area (Å²) in [4.78, 5) is 43.9. The molecule has 0 aromatic carbocycles. The van der Waals surface area contributed by atoms with Gasteiger partial charge in [-0.25, -0.2) is 9.78 Å². The summed E-state index contributed by atoms with van der Waals surface area (Å²) in [7, 11) is 0. The lowest BCUT2D eigenvalue weighted by atomic mass is 9.99. The van der Waals surface area contributed by atoms with Crippen molar-refractivity contribution in [2.45, 2.75) is 65.1 Å². The average Bonchev–Trinajstić information content (AvgIpc) is 3.20.